The molecule has 0 radical (unpaired) electrons. The summed E-state index contributed by atoms with van der Waals surface area (Å²) in [5.74, 6) is -3.33. The number of carboxylic acid groups (broad SMARTS) is 4. The van der Waals surface area contributed by atoms with Gasteiger partial charge in [0, 0.05) is 27.7 Å². The number of aliphatic carboxylic acids is 4. The summed E-state index contributed by atoms with van der Waals surface area (Å²) < 4.78 is 0. The van der Waals surface area contributed by atoms with Crippen LogP contribution in [0.4, 0.5) is 0 Å². The van der Waals surface area contributed by atoms with Crippen molar-refractivity contribution in [2.45, 2.75) is 27.7 Å². The molecule has 0 saturated heterocycles. The predicted octanol–water partition coefficient (Wildman–Crippen LogP) is -0.488. The molecule has 0 aliphatic carbocycles. The van der Waals surface area contributed by atoms with Crippen molar-refractivity contribution in [1.82, 2.24) is 0 Å². The van der Waals surface area contributed by atoms with E-state index in [1.165, 1.54) is 12.4 Å². The number of carboxylic acids is 4. The van der Waals surface area contributed by atoms with Gasteiger partial charge >= 0.3 is 0 Å². The van der Waals surface area contributed by atoms with Gasteiger partial charge < -0.3 is 42.1 Å². The topological polar surface area (TPSA) is 242 Å². The van der Waals surface area contributed by atoms with E-state index in [9.17, 15) is 0 Å². The lowest BCUT2D eigenvalue weighted by Crippen LogP contribution is -1.85. The molecule has 0 heterocycles. The highest BCUT2D eigenvalue weighted by Gasteiger charge is 1.66. The molecule has 0 aromatic rings. The Balaban J connectivity index is -0.0000000325. The van der Waals surface area contributed by atoms with Gasteiger partial charge in [0.05, 0.1) is 13.2 Å². The predicted molar refractivity (Wildman–Crippen MR) is 96.2 cm³/mol. The van der Waals surface area contributed by atoms with E-state index in [4.69, 9.17) is 49.8 Å². The lowest BCUT2D eigenvalue weighted by atomic mass is 10.8. The van der Waals surface area contributed by atoms with Crippen molar-refractivity contribution < 1.29 is 49.8 Å². The second-order valence-corrected chi connectivity index (χ2v) is 2.99. The maximum atomic E-state index is 9.00. The molecule has 12 nitrogen and oxygen atoms in total. The molecule has 158 valence electrons. The highest BCUT2D eigenvalue weighted by Crippen LogP contribution is 1.43. The summed E-state index contributed by atoms with van der Waals surface area (Å²) in [7, 11) is 0. The van der Waals surface area contributed by atoms with Gasteiger partial charge in [0.15, 0.2) is 0 Å². The smallest absolute Gasteiger partial charge is 0.300 e. The van der Waals surface area contributed by atoms with Gasteiger partial charge in [-0.05, 0) is 12.4 Å². The van der Waals surface area contributed by atoms with Gasteiger partial charge in [0.1, 0.15) is 0 Å². The van der Waals surface area contributed by atoms with Crippen LogP contribution in [0.1, 0.15) is 27.7 Å². The zero-order chi connectivity index (χ0) is 23.1. The Kier molecular flexibility index (Phi) is 96.1. The molecule has 0 saturated carbocycles. The molecule has 0 fully saturated rings. The van der Waals surface area contributed by atoms with E-state index in [0.29, 0.717) is 0 Å². The van der Waals surface area contributed by atoms with Crippen molar-refractivity contribution in [3.63, 3.8) is 0 Å². The SMILES string of the molecule is C=CN.C=CN.CC(=O)O.CC(=O)O.CC(=O)O.CC(=O)O.OCCO. The zero-order valence-corrected chi connectivity index (χ0v) is 15.5. The second-order valence-electron chi connectivity index (χ2n) is 2.99. The highest BCUT2D eigenvalue weighted by atomic mass is 16.4. The molecule has 0 aromatic heterocycles. The molecule has 0 aliphatic rings. The van der Waals surface area contributed by atoms with Crippen molar-refractivity contribution in [3.8, 4) is 0 Å². The minimum Gasteiger partial charge on any atom is -0.481 e. The van der Waals surface area contributed by atoms with Crippen LogP contribution < -0.4 is 11.5 Å². The van der Waals surface area contributed by atoms with Crippen LogP contribution in [0.2, 0.25) is 0 Å². The molecular weight excluding hydrogens is 356 g/mol. The van der Waals surface area contributed by atoms with Crippen molar-refractivity contribution in [3.05, 3.63) is 25.6 Å². The fourth-order valence-corrected chi connectivity index (χ4v) is 0. The Morgan fingerprint density at radius 3 is 0.692 bits per heavy atom. The Morgan fingerprint density at radius 1 is 0.654 bits per heavy atom. The molecule has 0 aliphatic heterocycles. The quantitative estimate of drug-likeness (QED) is 0.283. The lowest BCUT2D eigenvalue weighted by molar-refractivity contribution is -0.135. The van der Waals surface area contributed by atoms with E-state index in [-0.39, 0.29) is 13.2 Å². The number of aliphatic hydroxyl groups excluding tert-OH is 2. The van der Waals surface area contributed by atoms with Crippen LogP contribution >= 0.6 is 0 Å². The summed E-state index contributed by atoms with van der Waals surface area (Å²) in [6, 6.07) is 0. The van der Waals surface area contributed by atoms with Gasteiger partial charge in [-0.1, -0.05) is 13.2 Å². The highest BCUT2D eigenvalue weighted by molar-refractivity contribution is 5.63. The van der Waals surface area contributed by atoms with Crippen molar-refractivity contribution in [2.75, 3.05) is 13.2 Å². The number of hydrogen-bond donors (Lipinski definition) is 8. The molecule has 0 spiro atoms. The summed E-state index contributed by atoms with van der Waals surface area (Å²) in [5, 5.41) is 44.9. The summed E-state index contributed by atoms with van der Waals surface area (Å²) in [6.45, 7) is 10.4. The molecule has 0 unspecified atom stereocenters. The van der Waals surface area contributed by atoms with Crippen molar-refractivity contribution in [1.29, 1.82) is 0 Å². The van der Waals surface area contributed by atoms with Crippen LogP contribution in [-0.4, -0.2) is 67.7 Å². The third kappa shape index (κ3) is 1840. The fourth-order valence-electron chi connectivity index (χ4n) is 0. The summed E-state index contributed by atoms with van der Waals surface area (Å²) in [6.07, 6.45) is 2.50. The summed E-state index contributed by atoms with van der Waals surface area (Å²) >= 11 is 0. The van der Waals surface area contributed by atoms with Crippen LogP contribution in [0.3, 0.4) is 0 Å². The number of carbonyl (C=O) groups is 4. The molecular formula is C14H32N2O10. The van der Waals surface area contributed by atoms with Crippen LogP contribution in [-0.2, 0) is 19.2 Å². The van der Waals surface area contributed by atoms with E-state index in [2.05, 4.69) is 24.6 Å². The lowest BCUT2D eigenvalue weighted by Gasteiger charge is -1.70. The number of rotatable bonds is 1. The fraction of sp³-hybridized carbons (Fsp3) is 0.429. The van der Waals surface area contributed by atoms with Gasteiger partial charge in [0.2, 0.25) is 0 Å². The van der Waals surface area contributed by atoms with Gasteiger partial charge in [-0.2, -0.15) is 0 Å². The van der Waals surface area contributed by atoms with Gasteiger partial charge in [-0.25, -0.2) is 0 Å². The van der Waals surface area contributed by atoms with Crippen molar-refractivity contribution >= 4 is 23.9 Å². The van der Waals surface area contributed by atoms with Crippen LogP contribution in [0.5, 0.6) is 0 Å². The van der Waals surface area contributed by atoms with Gasteiger partial charge in [-0.15, -0.1) is 0 Å². The Morgan fingerprint density at radius 2 is 0.692 bits per heavy atom. The number of nitrogens with two attached hydrogens (primary N) is 2. The molecule has 26 heavy (non-hydrogen) atoms. The third-order valence-electron chi connectivity index (χ3n) is 0.1000. The second kappa shape index (κ2) is 57.5. The summed E-state index contributed by atoms with van der Waals surface area (Å²) in [4.78, 5) is 36.0. The maximum Gasteiger partial charge on any atom is 0.300 e. The first-order valence-electron chi connectivity index (χ1n) is 6.33. The monoisotopic (exact) mass is 388 g/mol. The van der Waals surface area contributed by atoms with Crippen molar-refractivity contribution in [2.24, 2.45) is 11.5 Å². The first-order chi connectivity index (χ1) is 11.7. The Labute approximate surface area is 152 Å². The minimum absolute atomic E-state index is 0.125. The van der Waals surface area contributed by atoms with E-state index in [1.807, 2.05) is 0 Å². The third-order valence-corrected chi connectivity index (χ3v) is 0.1000. The average Bonchev–Trinajstić information content (AvgIpc) is 2.37. The normalized spacial score (nSPS) is 5.92. The van der Waals surface area contributed by atoms with Crippen LogP contribution in [0.25, 0.3) is 0 Å². The Bertz CT molecular complexity index is 262. The molecule has 0 amide bonds. The average molecular weight is 388 g/mol. The van der Waals surface area contributed by atoms with Crippen LogP contribution in [0, 0.1) is 0 Å². The van der Waals surface area contributed by atoms with Crippen LogP contribution in [0.15, 0.2) is 25.6 Å². The largest absolute Gasteiger partial charge is 0.481 e. The molecule has 10 N–H and O–H groups in total. The number of hydrogen-bond acceptors (Lipinski definition) is 8. The Hall–Kier alpha value is -3.12. The summed E-state index contributed by atoms with van der Waals surface area (Å²) in [5.41, 5.74) is 9.22. The standard InChI is InChI=1S/2C2H5N.4C2H4O2.C2H6O2/c2*1-2-3;4*1-2(3)4;3-1-2-4/h2*2H,1,3H2;4*1H3,(H,3,4);3-4H,1-2H2. The van der Waals surface area contributed by atoms with Gasteiger partial charge in [-0.3, -0.25) is 19.2 Å². The minimum atomic E-state index is -0.833. The van der Waals surface area contributed by atoms with E-state index in [1.54, 1.807) is 0 Å². The molecule has 0 rings (SSSR count). The zero-order valence-electron chi connectivity index (χ0n) is 15.5. The molecule has 0 atom stereocenters. The maximum absolute atomic E-state index is 9.00. The van der Waals surface area contributed by atoms with Gasteiger partial charge in [0.25, 0.3) is 23.9 Å². The van der Waals surface area contributed by atoms with E-state index >= 15 is 0 Å². The molecule has 12 heteroatoms. The molecule has 0 aromatic carbocycles. The first kappa shape index (κ1) is 43.4. The van der Waals surface area contributed by atoms with E-state index < -0.39 is 23.9 Å². The van der Waals surface area contributed by atoms with E-state index in [0.717, 1.165) is 27.7 Å². The first-order valence-corrected chi connectivity index (χ1v) is 6.33. The molecule has 0 bridgehead atoms. The number of aliphatic hydroxyl groups is 2.